The molecule has 0 unspecified atom stereocenters. The Balaban J connectivity index is 2.06. The SMILES string of the molecule is Cc1ccc(NC(=O)C(=O)N(C)c2ccc(O)cc2)cc1. The molecule has 5 heteroatoms. The van der Waals surface area contributed by atoms with Crippen LogP contribution in [0.5, 0.6) is 5.75 Å². The summed E-state index contributed by atoms with van der Waals surface area (Å²) in [6, 6.07) is 13.2. The molecule has 2 aromatic rings. The summed E-state index contributed by atoms with van der Waals surface area (Å²) < 4.78 is 0. The molecule has 108 valence electrons. The monoisotopic (exact) mass is 284 g/mol. The summed E-state index contributed by atoms with van der Waals surface area (Å²) in [5, 5.41) is 11.8. The number of phenolic OH excluding ortho intramolecular Hbond substituents is 1. The third-order valence-electron chi connectivity index (χ3n) is 3.05. The molecule has 0 fully saturated rings. The lowest BCUT2D eigenvalue weighted by Gasteiger charge is -2.16. The Morgan fingerprint density at radius 2 is 1.57 bits per heavy atom. The van der Waals surface area contributed by atoms with Crippen LogP contribution in [0.2, 0.25) is 0 Å². The number of carbonyl (C=O) groups excluding carboxylic acids is 2. The van der Waals surface area contributed by atoms with Crippen molar-refractivity contribution in [3.05, 3.63) is 54.1 Å². The molecule has 0 bridgehead atoms. The molecular weight excluding hydrogens is 268 g/mol. The molecular formula is C16H16N2O3. The Hall–Kier alpha value is -2.82. The van der Waals surface area contributed by atoms with E-state index in [1.165, 1.54) is 24.1 Å². The van der Waals surface area contributed by atoms with E-state index in [0.29, 0.717) is 11.4 Å². The number of benzene rings is 2. The van der Waals surface area contributed by atoms with Gasteiger partial charge in [0.25, 0.3) is 0 Å². The molecule has 0 saturated heterocycles. The number of nitrogens with one attached hydrogen (secondary N) is 1. The van der Waals surface area contributed by atoms with Gasteiger partial charge >= 0.3 is 11.8 Å². The summed E-state index contributed by atoms with van der Waals surface area (Å²) in [6.45, 7) is 1.94. The van der Waals surface area contributed by atoms with Gasteiger partial charge in [0.1, 0.15) is 5.75 Å². The lowest BCUT2D eigenvalue weighted by molar-refractivity contribution is -0.134. The smallest absolute Gasteiger partial charge is 0.316 e. The highest BCUT2D eigenvalue weighted by Crippen LogP contribution is 2.17. The summed E-state index contributed by atoms with van der Waals surface area (Å²) in [5.74, 6) is -1.29. The number of aryl methyl sites for hydroxylation is 1. The van der Waals surface area contributed by atoms with Crippen molar-refractivity contribution in [2.75, 3.05) is 17.3 Å². The molecule has 0 spiro atoms. The minimum absolute atomic E-state index is 0.101. The zero-order chi connectivity index (χ0) is 15.4. The number of hydrogen-bond donors (Lipinski definition) is 2. The third kappa shape index (κ3) is 3.60. The van der Waals surface area contributed by atoms with Gasteiger partial charge in [0.15, 0.2) is 0 Å². The minimum Gasteiger partial charge on any atom is -0.508 e. The molecule has 0 radical (unpaired) electrons. The quantitative estimate of drug-likeness (QED) is 0.831. The van der Waals surface area contributed by atoms with Crippen LogP contribution >= 0.6 is 0 Å². The van der Waals surface area contributed by atoms with Gasteiger partial charge in [-0.05, 0) is 43.3 Å². The van der Waals surface area contributed by atoms with Crippen molar-refractivity contribution in [2.45, 2.75) is 6.92 Å². The topological polar surface area (TPSA) is 69.6 Å². The number of likely N-dealkylation sites (N-methyl/N-ethyl adjacent to an activating group) is 1. The van der Waals surface area contributed by atoms with Crippen molar-refractivity contribution >= 4 is 23.2 Å². The van der Waals surface area contributed by atoms with Gasteiger partial charge in [-0.25, -0.2) is 0 Å². The second kappa shape index (κ2) is 6.09. The van der Waals surface area contributed by atoms with Crippen LogP contribution in [0.1, 0.15) is 5.56 Å². The number of anilines is 2. The summed E-state index contributed by atoms with van der Waals surface area (Å²) in [7, 11) is 1.50. The average Bonchev–Trinajstić information content (AvgIpc) is 2.49. The number of carbonyl (C=O) groups is 2. The fraction of sp³-hybridized carbons (Fsp3) is 0.125. The lowest BCUT2D eigenvalue weighted by Crippen LogP contribution is -2.37. The first-order valence-corrected chi connectivity index (χ1v) is 6.42. The van der Waals surface area contributed by atoms with E-state index >= 15 is 0 Å². The van der Waals surface area contributed by atoms with Crippen molar-refractivity contribution in [3.8, 4) is 5.75 Å². The van der Waals surface area contributed by atoms with E-state index in [4.69, 9.17) is 0 Å². The highest BCUT2D eigenvalue weighted by molar-refractivity contribution is 6.44. The molecule has 2 aromatic carbocycles. The van der Waals surface area contributed by atoms with Crippen LogP contribution in [0.15, 0.2) is 48.5 Å². The van der Waals surface area contributed by atoms with Crippen molar-refractivity contribution in [1.29, 1.82) is 0 Å². The first-order chi connectivity index (χ1) is 9.97. The summed E-state index contributed by atoms with van der Waals surface area (Å²) >= 11 is 0. The number of amides is 2. The van der Waals surface area contributed by atoms with Crippen molar-refractivity contribution in [1.82, 2.24) is 0 Å². The van der Waals surface area contributed by atoms with Gasteiger partial charge in [-0.2, -0.15) is 0 Å². The maximum atomic E-state index is 12.1. The summed E-state index contributed by atoms with van der Waals surface area (Å²) in [4.78, 5) is 25.2. The van der Waals surface area contributed by atoms with E-state index in [1.54, 1.807) is 24.3 Å². The van der Waals surface area contributed by atoms with Crippen LogP contribution in [0, 0.1) is 6.92 Å². The summed E-state index contributed by atoms with van der Waals surface area (Å²) in [5.41, 5.74) is 2.16. The largest absolute Gasteiger partial charge is 0.508 e. The molecule has 2 N–H and O–H groups in total. The molecule has 0 aliphatic heterocycles. The first-order valence-electron chi connectivity index (χ1n) is 6.42. The van der Waals surface area contributed by atoms with E-state index in [1.807, 2.05) is 19.1 Å². The second-order valence-corrected chi connectivity index (χ2v) is 4.70. The predicted octanol–water partition coefficient (Wildman–Crippen LogP) is 2.30. The van der Waals surface area contributed by atoms with E-state index in [0.717, 1.165) is 5.56 Å². The molecule has 21 heavy (non-hydrogen) atoms. The number of nitrogens with zero attached hydrogens (tertiary/aromatic N) is 1. The highest BCUT2D eigenvalue weighted by Gasteiger charge is 2.20. The van der Waals surface area contributed by atoms with E-state index in [2.05, 4.69) is 5.32 Å². The Labute approximate surface area is 122 Å². The molecule has 0 aliphatic rings. The molecule has 5 nitrogen and oxygen atoms in total. The predicted molar refractivity (Wildman–Crippen MR) is 81.3 cm³/mol. The van der Waals surface area contributed by atoms with Crippen LogP contribution in [0.25, 0.3) is 0 Å². The molecule has 2 rings (SSSR count). The normalized spacial score (nSPS) is 10.0. The maximum Gasteiger partial charge on any atom is 0.316 e. The maximum absolute atomic E-state index is 12.1. The second-order valence-electron chi connectivity index (χ2n) is 4.70. The van der Waals surface area contributed by atoms with Crippen molar-refractivity contribution in [3.63, 3.8) is 0 Å². The Morgan fingerprint density at radius 1 is 1.00 bits per heavy atom. The van der Waals surface area contributed by atoms with Gasteiger partial charge in [0, 0.05) is 18.4 Å². The fourth-order valence-electron chi connectivity index (χ4n) is 1.77. The zero-order valence-electron chi connectivity index (χ0n) is 11.8. The zero-order valence-corrected chi connectivity index (χ0v) is 11.8. The number of hydrogen-bond acceptors (Lipinski definition) is 3. The van der Waals surface area contributed by atoms with Gasteiger partial charge in [-0.3, -0.25) is 9.59 Å². The van der Waals surface area contributed by atoms with Gasteiger partial charge in [-0.1, -0.05) is 17.7 Å². The average molecular weight is 284 g/mol. The lowest BCUT2D eigenvalue weighted by atomic mass is 10.2. The number of phenols is 1. The minimum atomic E-state index is -0.713. The van der Waals surface area contributed by atoms with Gasteiger partial charge in [-0.15, -0.1) is 0 Å². The van der Waals surface area contributed by atoms with Crippen molar-refractivity contribution in [2.24, 2.45) is 0 Å². The van der Waals surface area contributed by atoms with Crippen LogP contribution in [-0.4, -0.2) is 24.0 Å². The van der Waals surface area contributed by atoms with Crippen LogP contribution < -0.4 is 10.2 Å². The molecule has 0 saturated carbocycles. The van der Waals surface area contributed by atoms with Crippen LogP contribution in [0.4, 0.5) is 11.4 Å². The summed E-state index contributed by atoms with van der Waals surface area (Å²) in [6.07, 6.45) is 0. The standard InChI is InChI=1S/C16H16N2O3/c1-11-3-5-12(6-4-11)17-15(20)16(21)18(2)13-7-9-14(19)10-8-13/h3-10,19H,1-2H3,(H,17,20). The molecule has 0 atom stereocenters. The molecule has 2 amide bonds. The van der Waals surface area contributed by atoms with Gasteiger partial charge < -0.3 is 15.3 Å². The van der Waals surface area contributed by atoms with E-state index in [9.17, 15) is 14.7 Å². The van der Waals surface area contributed by atoms with E-state index < -0.39 is 11.8 Å². The molecule has 0 aromatic heterocycles. The van der Waals surface area contributed by atoms with Crippen LogP contribution in [0.3, 0.4) is 0 Å². The molecule has 0 aliphatic carbocycles. The Bertz CT molecular complexity index is 648. The number of aromatic hydroxyl groups is 1. The number of rotatable bonds is 2. The Morgan fingerprint density at radius 3 is 2.14 bits per heavy atom. The van der Waals surface area contributed by atoms with Crippen molar-refractivity contribution < 1.29 is 14.7 Å². The van der Waals surface area contributed by atoms with Gasteiger partial charge in [0.05, 0.1) is 0 Å². The molecule has 0 heterocycles. The highest BCUT2D eigenvalue weighted by atomic mass is 16.3. The van der Waals surface area contributed by atoms with E-state index in [-0.39, 0.29) is 5.75 Å². The fourth-order valence-corrected chi connectivity index (χ4v) is 1.77. The van der Waals surface area contributed by atoms with Crippen LogP contribution in [-0.2, 0) is 9.59 Å². The first kappa shape index (κ1) is 14.6. The Kier molecular flexibility index (Phi) is 4.23. The third-order valence-corrected chi connectivity index (χ3v) is 3.05. The van der Waals surface area contributed by atoms with Gasteiger partial charge in [0.2, 0.25) is 0 Å².